The van der Waals surface area contributed by atoms with Crippen LogP contribution in [0.15, 0.2) is 0 Å². The molecule has 0 aromatic carbocycles. The molecule has 3 nitrogen and oxygen atoms in total. The zero-order valence-electron chi connectivity index (χ0n) is 7.58. The van der Waals surface area contributed by atoms with E-state index in [2.05, 4.69) is 11.2 Å². The fraction of sp³-hybridized carbons (Fsp3) is 0.778. The van der Waals surface area contributed by atoms with E-state index >= 15 is 0 Å². The maximum atomic E-state index is 11.1. The van der Waals surface area contributed by atoms with Crippen molar-refractivity contribution in [3.63, 3.8) is 0 Å². The molecular weight excluding hydrogens is 154 g/mol. The highest BCUT2D eigenvalue weighted by Crippen LogP contribution is 2.09. The summed E-state index contributed by atoms with van der Waals surface area (Å²) in [6, 6.07) is 0. The molecule has 0 aliphatic carbocycles. The fourth-order valence-corrected chi connectivity index (χ4v) is 1.42. The number of carbonyl (C=O) groups excluding carboxylic acids is 1. The lowest BCUT2D eigenvalue weighted by molar-refractivity contribution is 0.121. The van der Waals surface area contributed by atoms with Gasteiger partial charge in [0, 0.05) is 13.1 Å². The van der Waals surface area contributed by atoms with Crippen molar-refractivity contribution in [2.45, 2.75) is 25.7 Å². The van der Waals surface area contributed by atoms with Gasteiger partial charge in [0.25, 0.3) is 0 Å². The number of nitrogens with zero attached hydrogens (tertiary/aromatic N) is 1. The Hall–Kier alpha value is -0.730. The molecule has 0 aromatic rings. The van der Waals surface area contributed by atoms with Crippen LogP contribution in [-0.4, -0.2) is 31.2 Å². The lowest BCUT2D eigenvalue weighted by atomic mass is 10.1. The average Bonchev–Trinajstić information content (AvgIpc) is 2.02. The van der Waals surface area contributed by atoms with Gasteiger partial charge in [0.15, 0.2) is 0 Å². The first-order valence-corrected chi connectivity index (χ1v) is 4.49. The topological polar surface area (TPSA) is 29.5 Å². The predicted octanol–water partition coefficient (Wildman–Crippen LogP) is 1.83. The van der Waals surface area contributed by atoms with Gasteiger partial charge < -0.3 is 9.64 Å². The quantitative estimate of drug-likeness (QED) is 0.555. The monoisotopic (exact) mass is 170 g/mol. The number of rotatable bonds is 0. The number of methoxy groups -OCH3 is 1. The molecule has 1 aliphatic heterocycles. The molecule has 69 valence electrons. The van der Waals surface area contributed by atoms with Crippen molar-refractivity contribution in [2.75, 3.05) is 20.2 Å². The van der Waals surface area contributed by atoms with Gasteiger partial charge in [-0.05, 0) is 32.1 Å². The van der Waals surface area contributed by atoms with Crippen molar-refractivity contribution < 1.29 is 9.53 Å². The first kappa shape index (κ1) is 9.36. The maximum Gasteiger partial charge on any atom is 0.409 e. The third-order valence-electron chi connectivity index (χ3n) is 2.11. The third-order valence-corrected chi connectivity index (χ3v) is 2.11. The molecule has 0 aromatic heterocycles. The molecule has 12 heavy (non-hydrogen) atoms. The van der Waals surface area contributed by atoms with Crippen molar-refractivity contribution in [2.24, 2.45) is 0 Å². The van der Waals surface area contributed by atoms with Gasteiger partial charge in [-0.3, -0.25) is 0 Å². The lowest BCUT2D eigenvalue weighted by Crippen LogP contribution is -2.33. The Labute approximate surface area is 73.7 Å². The summed E-state index contributed by atoms with van der Waals surface area (Å²) in [6.07, 6.45) is 6.48. The first-order valence-electron chi connectivity index (χ1n) is 4.49. The number of amides is 1. The summed E-state index contributed by atoms with van der Waals surface area (Å²) in [5, 5.41) is 0. The second-order valence-electron chi connectivity index (χ2n) is 3.03. The molecule has 1 radical (unpaired) electrons. The normalized spacial score (nSPS) is 19.6. The Kier molecular flexibility index (Phi) is 3.91. The highest BCUT2D eigenvalue weighted by Gasteiger charge is 2.13. The first-order chi connectivity index (χ1) is 5.84. The largest absolute Gasteiger partial charge is 0.453 e. The van der Waals surface area contributed by atoms with Crippen molar-refractivity contribution in [3.8, 4) is 0 Å². The number of carbonyl (C=O) groups is 1. The molecular formula is C9H16NO2. The molecule has 1 fully saturated rings. The summed E-state index contributed by atoms with van der Waals surface area (Å²) in [4.78, 5) is 12.9. The molecule has 0 saturated carbocycles. The van der Waals surface area contributed by atoms with Gasteiger partial charge in [-0.2, -0.15) is 0 Å². The van der Waals surface area contributed by atoms with E-state index in [9.17, 15) is 4.79 Å². The van der Waals surface area contributed by atoms with Crippen LogP contribution in [0.25, 0.3) is 0 Å². The molecule has 0 bridgehead atoms. The molecule has 1 amide bonds. The molecule has 0 atom stereocenters. The highest BCUT2D eigenvalue weighted by atomic mass is 16.5. The lowest BCUT2D eigenvalue weighted by Gasteiger charge is -2.22. The van der Waals surface area contributed by atoms with Gasteiger partial charge in [0.05, 0.1) is 7.11 Å². The van der Waals surface area contributed by atoms with Crippen LogP contribution in [0.1, 0.15) is 25.7 Å². The second-order valence-corrected chi connectivity index (χ2v) is 3.03. The van der Waals surface area contributed by atoms with Crippen molar-refractivity contribution in [3.05, 3.63) is 6.42 Å². The number of hydrogen-bond donors (Lipinski definition) is 0. The van der Waals surface area contributed by atoms with E-state index in [1.165, 1.54) is 7.11 Å². The Balaban J connectivity index is 2.34. The SMILES string of the molecule is COC(=O)N1CCC[CH]CCC1. The molecule has 0 spiro atoms. The standard InChI is InChI=1S/C9H16NO2/c1-12-9(11)10-7-5-3-2-4-6-8-10/h2H,3-8H2,1H3. The van der Waals surface area contributed by atoms with Crippen LogP contribution >= 0.6 is 0 Å². The summed E-state index contributed by atoms with van der Waals surface area (Å²) >= 11 is 0. The Morgan fingerprint density at radius 2 is 1.92 bits per heavy atom. The van der Waals surface area contributed by atoms with E-state index in [1.54, 1.807) is 4.90 Å². The maximum absolute atomic E-state index is 11.1. The van der Waals surface area contributed by atoms with Gasteiger partial charge in [-0.1, -0.05) is 0 Å². The molecule has 1 aliphatic rings. The summed E-state index contributed by atoms with van der Waals surface area (Å²) in [5.74, 6) is 0. The number of hydrogen-bond acceptors (Lipinski definition) is 2. The van der Waals surface area contributed by atoms with Gasteiger partial charge >= 0.3 is 6.09 Å². The van der Waals surface area contributed by atoms with E-state index in [-0.39, 0.29) is 6.09 Å². The van der Waals surface area contributed by atoms with Crippen LogP contribution in [0.4, 0.5) is 4.79 Å². The number of ether oxygens (including phenoxy) is 1. The Bertz CT molecular complexity index is 139. The molecule has 0 unspecified atom stereocenters. The van der Waals surface area contributed by atoms with Gasteiger partial charge in [0.2, 0.25) is 0 Å². The van der Waals surface area contributed by atoms with Crippen LogP contribution in [0.3, 0.4) is 0 Å². The Morgan fingerprint density at radius 3 is 2.42 bits per heavy atom. The molecule has 1 rings (SSSR count). The van der Waals surface area contributed by atoms with Crippen LogP contribution in [0.5, 0.6) is 0 Å². The van der Waals surface area contributed by atoms with Crippen molar-refractivity contribution in [1.29, 1.82) is 0 Å². The average molecular weight is 170 g/mol. The van der Waals surface area contributed by atoms with E-state index in [0.29, 0.717) is 0 Å². The minimum atomic E-state index is -0.183. The van der Waals surface area contributed by atoms with Gasteiger partial charge in [-0.25, -0.2) is 4.79 Å². The molecule has 1 heterocycles. The highest BCUT2D eigenvalue weighted by molar-refractivity contribution is 5.67. The smallest absolute Gasteiger partial charge is 0.409 e. The van der Waals surface area contributed by atoms with Gasteiger partial charge in [0.1, 0.15) is 0 Å². The molecule has 1 saturated heterocycles. The zero-order chi connectivity index (χ0) is 8.81. The van der Waals surface area contributed by atoms with Crippen molar-refractivity contribution >= 4 is 6.09 Å². The summed E-state index contributed by atoms with van der Waals surface area (Å²) < 4.78 is 4.66. The fourth-order valence-electron chi connectivity index (χ4n) is 1.42. The van der Waals surface area contributed by atoms with Crippen LogP contribution < -0.4 is 0 Å². The van der Waals surface area contributed by atoms with E-state index in [0.717, 1.165) is 38.8 Å². The van der Waals surface area contributed by atoms with Crippen molar-refractivity contribution in [1.82, 2.24) is 4.90 Å². The summed E-state index contributed by atoms with van der Waals surface area (Å²) in [6.45, 7) is 1.67. The van der Waals surface area contributed by atoms with E-state index < -0.39 is 0 Å². The molecule has 0 N–H and O–H groups in total. The summed E-state index contributed by atoms with van der Waals surface area (Å²) in [7, 11) is 1.44. The zero-order valence-corrected chi connectivity index (χ0v) is 7.58. The van der Waals surface area contributed by atoms with E-state index in [4.69, 9.17) is 0 Å². The third kappa shape index (κ3) is 2.72. The number of likely N-dealkylation sites (tertiary alicyclic amines) is 1. The minimum absolute atomic E-state index is 0.183. The minimum Gasteiger partial charge on any atom is -0.453 e. The van der Waals surface area contributed by atoms with Crippen LogP contribution in [0, 0.1) is 6.42 Å². The molecule has 3 heteroatoms. The van der Waals surface area contributed by atoms with Gasteiger partial charge in [-0.15, -0.1) is 0 Å². The predicted molar refractivity (Wildman–Crippen MR) is 46.7 cm³/mol. The van der Waals surface area contributed by atoms with Crippen LogP contribution in [0.2, 0.25) is 0 Å². The second kappa shape index (κ2) is 5.01. The summed E-state index contributed by atoms with van der Waals surface area (Å²) in [5.41, 5.74) is 0. The Morgan fingerprint density at radius 1 is 1.33 bits per heavy atom. The van der Waals surface area contributed by atoms with E-state index in [1.807, 2.05) is 0 Å². The van der Waals surface area contributed by atoms with Crippen LogP contribution in [-0.2, 0) is 4.74 Å².